The van der Waals surface area contributed by atoms with E-state index in [-0.39, 0.29) is 48.0 Å². The van der Waals surface area contributed by atoms with Crippen LogP contribution in [0.4, 0.5) is 13.2 Å². The first-order chi connectivity index (χ1) is 14.3. The second kappa shape index (κ2) is 8.19. The van der Waals surface area contributed by atoms with Crippen LogP contribution in [0.25, 0.3) is 0 Å². The van der Waals surface area contributed by atoms with Gasteiger partial charge in [-0.1, -0.05) is 18.2 Å². The number of hydrazine groups is 1. The van der Waals surface area contributed by atoms with Crippen molar-refractivity contribution >= 4 is 11.8 Å². The molecule has 1 aromatic carbocycles. The van der Waals surface area contributed by atoms with E-state index in [1.165, 1.54) is 18.2 Å². The zero-order valence-corrected chi connectivity index (χ0v) is 16.9. The molecule has 2 saturated heterocycles. The fourth-order valence-electron chi connectivity index (χ4n) is 5.22. The zero-order chi connectivity index (χ0) is 21.5. The number of carbonyl (C=O) groups excluding carboxylic acids is 2. The number of hydrogen-bond donors (Lipinski definition) is 2. The molecular weight excluding hydrogens is 397 g/mol. The van der Waals surface area contributed by atoms with E-state index < -0.39 is 11.7 Å². The van der Waals surface area contributed by atoms with E-state index in [2.05, 4.69) is 15.8 Å². The highest BCUT2D eigenvalue weighted by Gasteiger charge is 2.51. The third-order valence-corrected chi connectivity index (χ3v) is 6.64. The molecule has 1 aromatic rings. The van der Waals surface area contributed by atoms with Crippen molar-refractivity contribution in [2.45, 2.75) is 63.5 Å². The van der Waals surface area contributed by atoms with E-state index in [1.54, 1.807) is 0 Å². The minimum Gasteiger partial charge on any atom is -0.352 e. The van der Waals surface area contributed by atoms with Crippen LogP contribution in [0.15, 0.2) is 24.3 Å². The average Bonchev–Trinajstić information content (AvgIpc) is 3.22. The highest BCUT2D eigenvalue weighted by molar-refractivity contribution is 5.84. The number of likely N-dealkylation sites (N-methyl/N-ethyl adjacent to an activating group) is 1. The van der Waals surface area contributed by atoms with Crippen molar-refractivity contribution in [1.29, 1.82) is 0 Å². The van der Waals surface area contributed by atoms with Crippen LogP contribution in [0.3, 0.4) is 0 Å². The number of nitrogens with one attached hydrogen (secondary N) is 2. The molecule has 4 atom stereocenters. The van der Waals surface area contributed by atoms with Crippen molar-refractivity contribution < 1.29 is 22.8 Å². The van der Waals surface area contributed by atoms with Gasteiger partial charge in [-0.2, -0.15) is 13.2 Å². The second-order valence-electron chi connectivity index (χ2n) is 8.26. The topological polar surface area (TPSA) is 64.7 Å². The summed E-state index contributed by atoms with van der Waals surface area (Å²) in [6.45, 7) is 3.16. The van der Waals surface area contributed by atoms with Crippen molar-refractivity contribution in [3.63, 3.8) is 0 Å². The van der Waals surface area contributed by atoms with E-state index >= 15 is 0 Å². The molecule has 0 spiro atoms. The minimum atomic E-state index is -4.46. The first-order valence-corrected chi connectivity index (χ1v) is 10.6. The van der Waals surface area contributed by atoms with Crippen LogP contribution >= 0.6 is 0 Å². The molecule has 2 amide bonds. The lowest BCUT2D eigenvalue weighted by molar-refractivity contribution is -0.155. The number of alkyl halides is 3. The van der Waals surface area contributed by atoms with Crippen molar-refractivity contribution in [2.24, 2.45) is 5.92 Å². The first-order valence-electron chi connectivity index (χ1n) is 10.6. The molecule has 1 saturated carbocycles. The summed E-state index contributed by atoms with van der Waals surface area (Å²) in [6.07, 6.45) is -1.70. The van der Waals surface area contributed by atoms with Gasteiger partial charge in [0.2, 0.25) is 11.8 Å². The summed E-state index contributed by atoms with van der Waals surface area (Å²) >= 11 is 0. The number of rotatable bonds is 4. The summed E-state index contributed by atoms with van der Waals surface area (Å²) in [7, 11) is 0. The maximum Gasteiger partial charge on any atom is 0.416 e. The number of piperazine rings is 1. The van der Waals surface area contributed by atoms with Crippen LogP contribution in [0.2, 0.25) is 0 Å². The van der Waals surface area contributed by atoms with Gasteiger partial charge in [0.1, 0.15) is 6.04 Å². The molecule has 0 aromatic heterocycles. The average molecular weight is 424 g/mol. The lowest BCUT2D eigenvalue weighted by Gasteiger charge is -2.51. The highest BCUT2D eigenvalue weighted by Crippen LogP contribution is 2.37. The molecule has 1 aliphatic carbocycles. The summed E-state index contributed by atoms with van der Waals surface area (Å²) in [4.78, 5) is 27.5. The number of halogens is 3. The van der Waals surface area contributed by atoms with E-state index in [9.17, 15) is 22.8 Å². The fourth-order valence-corrected chi connectivity index (χ4v) is 5.22. The Morgan fingerprint density at radius 3 is 2.70 bits per heavy atom. The Bertz CT molecular complexity index is 816. The SMILES string of the molecule is CCN1C(=O)C2CCNN2C2CCC(C(=O)NCc3ccccc3C(F)(F)F)CC21. The Labute approximate surface area is 173 Å². The highest BCUT2D eigenvalue weighted by atomic mass is 19.4. The van der Waals surface area contributed by atoms with Gasteiger partial charge in [0, 0.05) is 37.6 Å². The molecule has 0 bridgehead atoms. The third kappa shape index (κ3) is 3.80. The van der Waals surface area contributed by atoms with E-state index in [4.69, 9.17) is 0 Å². The van der Waals surface area contributed by atoms with Crippen molar-refractivity contribution in [1.82, 2.24) is 20.7 Å². The van der Waals surface area contributed by atoms with Crippen LogP contribution in [0.1, 0.15) is 43.7 Å². The van der Waals surface area contributed by atoms with Gasteiger partial charge < -0.3 is 10.2 Å². The van der Waals surface area contributed by atoms with Gasteiger partial charge in [-0.15, -0.1) is 0 Å². The zero-order valence-electron chi connectivity index (χ0n) is 16.9. The summed E-state index contributed by atoms with van der Waals surface area (Å²) < 4.78 is 39.5. The predicted molar refractivity (Wildman–Crippen MR) is 104 cm³/mol. The maximum atomic E-state index is 13.2. The maximum absolute atomic E-state index is 13.2. The smallest absolute Gasteiger partial charge is 0.352 e. The Balaban J connectivity index is 1.43. The second-order valence-corrected chi connectivity index (χ2v) is 8.26. The Kier molecular flexibility index (Phi) is 5.76. The molecule has 0 radical (unpaired) electrons. The summed E-state index contributed by atoms with van der Waals surface area (Å²) in [5, 5.41) is 4.77. The molecule has 3 fully saturated rings. The van der Waals surface area contributed by atoms with Crippen LogP contribution in [-0.4, -0.2) is 52.9 Å². The van der Waals surface area contributed by atoms with Crippen LogP contribution in [0.5, 0.6) is 0 Å². The van der Waals surface area contributed by atoms with Gasteiger partial charge in [0.15, 0.2) is 0 Å². The molecule has 4 rings (SSSR count). The normalized spacial score (nSPS) is 29.5. The molecule has 2 N–H and O–H groups in total. The number of benzene rings is 1. The lowest BCUT2D eigenvalue weighted by atomic mass is 9.78. The van der Waals surface area contributed by atoms with Crippen LogP contribution < -0.4 is 10.7 Å². The quantitative estimate of drug-likeness (QED) is 0.779. The Morgan fingerprint density at radius 2 is 1.97 bits per heavy atom. The summed E-state index contributed by atoms with van der Waals surface area (Å²) in [5.41, 5.74) is 2.65. The Morgan fingerprint density at radius 1 is 1.20 bits per heavy atom. The molecule has 30 heavy (non-hydrogen) atoms. The lowest BCUT2D eigenvalue weighted by Crippen LogP contribution is -2.68. The number of amides is 2. The largest absolute Gasteiger partial charge is 0.416 e. The summed E-state index contributed by atoms with van der Waals surface area (Å²) in [6, 6.07) is 5.27. The number of nitrogens with zero attached hydrogens (tertiary/aromatic N) is 2. The molecule has 164 valence electrons. The molecule has 3 aliphatic rings. The molecule has 2 heterocycles. The first kappa shape index (κ1) is 21.1. The van der Waals surface area contributed by atoms with Crippen LogP contribution in [0, 0.1) is 5.92 Å². The molecular formula is C21H27F3N4O2. The molecule has 9 heteroatoms. The van der Waals surface area contributed by atoms with E-state index in [0.717, 1.165) is 25.5 Å². The van der Waals surface area contributed by atoms with E-state index in [0.29, 0.717) is 19.4 Å². The molecule has 4 unspecified atom stereocenters. The van der Waals surface area contributed by atoms with Crippen LogP contribution in [-0.2, 0) is 22.3 Å². The fraction of sp³-hybridized carbons (Fsp3) is 0.619. The number of fused-ring (bicyclic) bond motifs is 3. The minimum absolute atomic E-state index is 0.0548. The van der Waals surface area contributed by atoms with Crippen molar-refractivity contribution in [3.8, 4) is 0 Å². The third-order valence-electron chi connectivity index (χ3n) is 6.64. The number of carbonyl (C=O) groups is 2. The van der Waals surface area contributed by atoms with Gasteiger partial charge in [-0.3, -0.25) is 15.0 Å². The monoisotopic (exact) mass is 424 g/mol. The van der Waals surface area contributed by atoms with Gasteiger partial charge in [0.25, 0.3) is 0 Å². The summed E-state index contributed by atoms with van der Waals surface area (Å²) in [5.74, 6) is -0.459. The standard InChI is InChI=1S/C21H27F3N4O2/c1-2-27-18-11-13(7-8-16(18)28-17(20(27)30)9-10-26-28)19(29)25-12-14-5-3-4-6-15(14)21(22,23)24/h3-6,13,16-18,26H,2,7-12H2,1H3,(H,25,29). The molecule has 6 nitrogen and oxygen atoms in total. The number of hydrogen-bond acceptors (Lipinski definition) is 4. The molecule has 2 aliphatic heterocycles. The van der Waals surface area contributed by atoms with Gasteiger partial charge in [-0.05, 0) is 44.2 Å². The van der Waals surface area contributed by atoms with Gasteiger partial charge in [-0.25, -0.2) is 5.01 Å². The van der Waals surface area contributed by atoms with Crippen molar-refractivity contribution in [2.75, 3.05) is 13.1 Å². The van der Waals surface area contributed by atoms with Gasteiger partial charge in [0.05, 0.1) is 5.56 Å². The van der Waals surface area contributed by atoms with Gasteiger partial charge >= 0.3 is 6.18 Å². The van der Waals surface area contributed by atoms with E-state index in [1.807, 2.05) is 11.8 Å². The Hall–Kier alpha value is -2.13. The van der Waals surface area contributed by atoms with Crippen molar-refractivity contribution in [3.05, 3.63) is 35.4 Å². The predicted octanol–water partition coefficient (Wildman–Crippen LogP) is 2.30.